The summed E-state index contributed by atoms with van der Waals surface area (Å²) in [5.74, 6) is -2.38. The predicted octanol–water partition coefficient (Wildman–Crippen LogP) is 3.90. The van der Waals surface area contributed by atoms with Gasteiger partial charge in [0.25, 0.3) is 5.91 Å². The first-order chi connectivity index (χ1) is 14.8. The molecule has 0 spiro atoms. The minimum Gasteiger partial charge on any atom is -0.317 e. The van der Waals surface area contributed by atoms with Crippen molar-refractivity contribution in [1.82, 2.24) is 14.5 Å². The highest BCUT2D eigenvalue weighted by atomic mass is 32.2. The second kappa shape index (κ2) is 8.40. The Morgan fingerprint density at radius 1 is 1.16 bits per heavy atom. The lowest BCUT2D eigenvalue weighted by atomic mass is 10.2. The van der Waals surface area contributed by atoms with Crippen LogP contribution in [0.4, 0.5) is 14.5 Å². The van der Waals surface area contributed by atoms with E-state index in [0.29, 0.717) is 30.5 Å². The maximum atomic E-state index is 13.8. The molecule has 31 heavy (non-hydrogen) atoms. The summed E-state index contributed by atoms with van der Waals surface area (Å²) in [7, 11) is -3.74. The van der Waals surface area contributed by atoms with Gasteiger partial charge in [0, 0.05) is 12.6 Å². The molecule has 1 saturated heterocycles. The SMILES string of the molecule is Cc1ccc(S(=O)(=O)N2CCC[C@@H]2c2nnc(C(=O)Nc3ccc(F)cc3F)s2)cc1. The zero-order valence-electron chi connectivity index (χ0n) is 16.4. The van der Waals surface area contributed by atoms with E-state index in [1.165, 1.54) is 4.31 Å². The van der Waals surface area contributed by atoms with Crippen LogP contribution in [0, 0.1) is 18.6 Å². The molecular weight excluding hydrogens is 446 g/mol. The fourth-order valence-electron chi connectivity index (χ4n) is 3.35. The Labute approximate surface area is 181 Å². The summed E-state index contributed by atoms with van der Waals surface area (Å²) in [6.07, 6.45) is 1.20. The van der Waals surface area contributed by atoms with Crippen LogP contribution in [0.25, 0.3) is 0 Å². The topological polar surface area (TPSA) is 92.3 Å². The average molecular weight is 465 g/mol. The molecule has 1 aromatic heterocycles. The number of benzene rings is 2. The first-order valence-corrected chi connectivity index (χ1v) is 11.7. The second-order valence-corrected chi connectivity index (χ2v) is 10.0. The molecule has 7 nitrogen and oxygen atoms in total. The van der Waals surface area contributed by atoms with Crippen molar-refractivity contribution in [1.29, 1.82) is 0 Å². The van der Waals surface area contributed by atoms with Gasteiger partial charge in [-0.1, -0.05) is 29.0 Å². The molecule has 2 heterocycles. The van der Waals surface area contributed by atoms with Crippen molar-refractivity contribution in [2.75, 3.05) is 11.9 Å². The Kier molecular flexibility index (Phi) is 5.82. The van der Waals surface area contributed by atoms with Gasteiger partial charge in [0.15, 0.2) is 0 Å². The number of nitrogens with zero attached hydrogens (tertiary/aromatic N) is 3. The van der Waals surface area contributed by atoms with E-state index in [9.17, 15) is 22.0 Å². The van der Waals surface area contributed by atoms with Crippen molar-refractivity contribution in [3.8, 4) is 0 Å². The van der Waals surface area contributed by atoms with Crippen LogP contribution in [-0.2, 0) is 10.0 Å². The van der Waals surface area contributed by atoms with Crippen molar-refractivity contribution in [3.63, 3.8) is 0 Å². The monoisotopic (exact) mass is 464 g/mol. The molecule has 11 heteroatoms. The van der Waals surface area contributed by atoms with Gasteiger partial charge in [-0.15, -0.1) is 10.2 Å². The molecule has 0 unspecified atom stereocenters. The summed E-state index contributed by atoms with van der Waals surface area (Å²) in [6, 6.07) is 8.86. The van der Waals surface area contributed by atoms with Gasteiger partial charge in [0.2, 0.25) is 15.0 Å². The number of aryl methyl sites for hydroxylation is 1. The third kappa shape index (κ3) is 4.34. The van der Waals surface area contributed by atoms with Crippen molar-refractivity contribution in [3.05, 3.63) is 69.7 Å². The van der Waals surface area contributed by atoms with E-state index < -0.39 is 33.6 Å². The summed E-state index contributed by atoms with van der Waals surface area (Å²) < 4.78 is 54.4. The molecule has 0 aliphatic carbocycles. The molecule has 3 aromatic rings. The number of hydrogen-bond acceptors (Lipinski definition) is 6. The van der Waals surface area contributed by atoms with Crippen molar-refractivity contribution in [2.24, 2.45) is 0 Å². The summed E-state index contributed by atoms with van der Waals surface area (Å²) in [4.78, 5) is 12.6. The van der Waals surface area contributed by atoms with Crippen LogP contribution in [0.2, 0.25) is 0 Å². The number of rotatable bonds is 5. The molecule has 2 aromatic carbocycles. The van der Waals surface area contributed by atoms with E-state index in [0.717, 1.165) is 29.0 Å². The van der Waals surface area contributed by atoms with Crippen molar-refractivity contribution >= 4 is 33.0 Å². The molecule has 1 aliphatic heterocycles. The Balaban J connectivity index is 1.55. The normalized spacial score (nSPS) is 17.1. The molecular formula is C20H18F2N4O3S2. The van der Waals surface area contributed by atoms with E-state index in [-0.39, 0.29) is 15.6 Å². The molecule has 0 saturated carbocycles. The third-order valence-corrected chi connectivity index (χ3v) is 7.88. The van der Waals surface area contributed by atoms with E-state index in [2.05, 4.69) is 15.5 Å². The maximum absolute atomic E-state index is 13.8. The summed E-state index contributed by atoms with van der Waals surface area (Å²) in [6.45, 7) is 2.21. The zero-order valence-corrected chi connectivity index (χ0v) is 18.0. The standard InChI is InChI=1S/C20H18F2N4O3S2/c1-12-4-7-14(8-5-12)31(28,29)26-10-2-3-17(26)19-24-25-20(30-19)18(27)23-16-9-6-13(21)11-15(16)22/h4-9,11,17H,2-3,10H2,1H3,(H,23,27)/t17-/m1/s1. The molecule has 0 bridgehead atoms. The molecule has 1 amide bonds. The molecule has 1 atom stereocenters. The van der Waals surface area contributed by atoms with E-state index in [4.69, 9.17) is 0 Å². The van der Waals surface area contributed by atoms with Gasteiger partial charge < -0.3 is 5.32 Å². The van der Waals surface area contributed by atoms with Crippen LogP contribution in [-0.4, -0.2) is 35.4 Å². The molecule has 1 aliphatic rings. The Hall–Kier alpha value is -2.76. The molecule has 1 fully saturated rings. The van der Waals surface area contributed by atoms with Gasteiger partial charge in [-0.2, -0.15) is 4.31 Å². The number of anilines is 1. The summed E-state index contributed by atoms with van der Waals surface area (Å²) >= 11 is 0.947. The summed E-state index contributed by atoms with van der Waals surface area (Å²) in [5.41, 5.74) is 0.766. The average Bonchev–Trinajstić information content (AvgIpc) is 3.40. The van der Waals surface area contributed by atoms with Crippen LogP contribution in [0.1, 0.15) is 39.3 Å². The van der Waals surface area contributed by atoms with Gasteiger partial charge >= 0.3 is 0 Å². The highest BCUT2D eigenvalue weighted by Gasteiger charge is 2.38. The lowest BCUT2D eigenvalue weighted by Crippen LogP contribution is -2.30. The maximum Gasteiger partial charge on any atom is 0.286 e. The fraction of sp³-hybridized carbons (Fsp3) is 0.250. The van der Waals surface area contributed by atoms with Crippen LogP contribution >= 0.6 is 11.3 Å². The smallest absolute Gasteiger partial charge is 0.286 e. The molecule has 162 valence electrons. The van der Waals surface area contributed by atoms with E-state index >= 15 is 0 Å². The number of halogens is 2. The van der Waals surface area contributed by atoms with Crippen LogP contribution in [0.5, 0.6) is 0 Å². The highest BCUT2D eigenvalue weighted by molar-refractivity contribution is 7.89. The van der Waals surface area contributed by atoms with Crippen molar-refractivity contribution < 1.29 is 22.0 Å². The molecule has 0 radical (unpaired) electrons. The van der Waals surface area contributed by atoms with Crippen LogP contribution in [0.3, 0.4) is 0 Å². The lowest BCUT2D eigenvalue weighted by Gasteiger charge is -2.22. The number of carbonyl (C=O) groups is 1. The first kappa shape index (κ1) is 21.5. The van der Waals surface area contributed by atoms with Gasteiger partial charge in [0.1, 0.15) is 16.6 Å². The minimum atomic E-state index is -3.74. The van der Waals surface area contributed by atoms with E-state index in [1.54, 1.807) is 24.3 Å². The summed E-state index contributed by atoms with van der Waals surface area (Å²) in [5, 5.41) is 10.5. The first-order valence-electron chi connectivity index (χ1n) is 9.44. The van der Waals surface area contributed by atoms with Crippen LogP contribution < -0.4 is 5.32 Å². The quantitative estimate of drug-likeness (QED) is 0.618. The van der Waals surface area contributed by atoms with Crippen molar-refractivity contribution in [2.45, 2.75) is 30.7 Å². The highest BCUT2D eigenvalue weighted by Crippen LogP contribution is 2.37. The van der Waals surface area contributed by atoms with Gasteiger partial charge in [-0.05, 0) is 44.0 Å². The number of amides is 1. The fourth-order valence-corrected chi connectivity index (χ4v) is 5.96. The molecule has 4 rings (SSSR count). The third-order valence-electron chi connectivity index (χ3n) is 4.93. The molecule has 1 N–H and O–H groups in total. The van der Waals surface area contributed by atoms with Crippen LogP contribution in [0.15, 0.2) is 47.4 Å². The Bertz CT molecular complexity index is 1230. The van der Waals surface area contributed by atoms with Gasteiger partial charge in [-0.25, -0.2) is 17.2 Å². The lowest BCUT2D eigenvalue weighted by molar-refractivity contribution is 0.102. The number of aromatic nitrogens is 2. The van der Waals surface area contributed by atoms with Gasteiger partial charge in [0.05, 0.1) is 16.6 Å². The number of carbonyl (C=O) groups excluding carboxylic acids is 1. The number of hydrogen-bond donors (Lipinski definition) is 1. The predicted molar refractivity (Wildman–Crippen MR) is 111 cm³/mol. The minimum absolute atomic E-state index is 0.0432. The Morgan fingerprint density at radius 2 is 1.90 bits per heavy atom. The van der Waals surface area contributed by atoms with Gasteiger partial charge in [-0.3, -0.25) is 4.79 Å². The largest absolute Gasteiger partial charge is 0.317 e. The zero-order chi connectivity index (χ0) is 22.2. The van der Waals surface area contributed by atoms with E-state index in [1.807, 2.05) is 6.92 Å². The number of nitrogens with one attached hydrogen (secondary N) is 1. The number of sulfonamides is 1. The second-order valence-electron chi connectivity index (χ2n) is 7.11. The Morgan fingerprint density at radius 3 is 2.61 bits per heavy atom.